The Bertz CT molecular complexity index is 1230. The van der Waals surface area contributed by atoms with Crippen LogP contribution in [0.25, 0.3) is 22.4 Å². The third-order valence-corrected chi connectivity index (χ3v) is 4.38. The van der Waals surface area contributed by atoms with E-state index < -0.39 is 10.0 Å². The van der Waals surface area contributed by atoms with E-state index in [0.29, 0.717) is 22.8 Å². The zero-order chi connectivity index (χ0) is 19.0. The Balaban J connectivity index is 1.56. The lowest BCUT2D eigenvalue weighted by Crippen LogP contribution is -2.09. The molecule has 0 spiro atoms. The summed E-state index contributed by atoms with van der Waals surface area (Å²) in [7, 11) is -3.36. The van der Waals surface area contributed by atoms with Crippen molar-refractivity contribution < 1.29 is 17.2 Å². The van der Waals surface area contributed by atoms with Crippen molar-refractivity contribution in [1.29, 1.82) is 0 Å². The Morgan fingerprint density at radius 1 is 1.11 bits per heavy atom. The van der Waals surface area contributed by atoms with E-state index in [1.807, 2.05) is 0 Å². The van der Waals surface area contributed by atoms with Crippen LogP contribution in [0.15, 0.2) is 59.1 Å². The van der Waals surface area contributed by atoms with Crippen LogP contribution in [0, 0.1) is 5.82 Å². The van der Waals surface area contributed by atoms with Gasteiger partial charge in [0.25, 0.3) is 6.01 Å². The van der Waals surface area contributed by atoms with Crippen molar-refractivity contribution in [3.63, 3.8) is 0 Å². The van der Waals surface area contributed by atoms with E-state index in [1.54, 1.807) is 42.6 Å². The quantitative estimate of drug-likeness (QED) is 0.480. The van der Waals surface area contributed by atoms with Crippen molar-refractivity contribution in [1.82, 2.24) is 9.97 Å². The van der Waals surface area contributed by atoms with Crippen LogP contribution in [0.2, 0.25) is 0 Å². The van der Waals surface area contributed by atoms with Gasteiger partial charge >= 0.3 is 0 Å². The number of halogens is 1. The molecule has 0 fully saturated rings. The molecule has 27 heavy (non-hydrogen) atoms. The number of aromatic amines is 1. The number of sulfonamides is 1. The number of anilines is 3. The van der Waals surface area contributed by atoms with E-state index >= 15 is 0 Å². The van der Waals surface area contributed by atoms with Crippen molar-refractivity contribution >= 4 is 38.3 Å². The summed E-state index contributed by atoms with van der Waals surface area (Å²) in [4.78, 5) is 7.32. The fourth-order valence-corrected chi connectivity index (χ4v) is 3.25. The molecule has 0 atom stereocenters. The molecule has 2 aromatic carbocycles. The number of aromatic nitrogens is 2. The first-order valence-electron chi connectivity index (χ1n) is 7.95. The monoisotopic (exact) mass is 386 g/mol. The van der Waals surface area contributed by atoms with Gasteiger partial charge in [-0.05, 0) is 42.5 Å². The summed E-state index contributed by atoms with van der Waals surface area (Å²) in [5.74, 6) is 0.176. The second kappa shape index (κ2) is 6.44. The molecule has 0 aliphatic carbocycles. The van der Waals surface area contributed by atoms with Gasteiger partial charge in [-0.1, -0.05) is 6.07 Å². The summed E-state index contributed by atoms with van der Waals surface area (Å²) >= 11 is 0. The molecule has 0 amide bonds. The van der Waals surface area contributed by atoms with Gasteiger partial charge in [0.15, 0.2) is 5.76 Å². The number of hydrogen-bond donors (Lipinski definition) is 3. The van der Waals surface area contributed by atoms with Crippen LogP contribution in [0.4, 0.5) is 21.8 Å². The Labute approximate surface area is 154 Å². The molecule has 2 heterocycles. The molecular formula is C18H15FN4O3S. The number of hydrogen-bond acceptors (Lipinski definition) is 5. The fourth-order valence-electron chi connectivity index (χ4n) is 2.69. The minimum absolute atomic E-state index is 0.242. The molecule has 7 nitrogen and oxygen atoms in total. The van der Waals surface area contributed by atoms with Gasteiger partial charge in [-0.25, -0.2) is 17.8 Å². The van der Waals surface area contributed by atoms with Crippen molar-refractivity contribution in [2.24, 2.45) is 0 Å². The van der Waals surface area contributed by atoms with E-state index in [4.69, 9.17) is 4.42 Å². The number of H-pyrrole nitrogens is 1. The van der Waals surface area contributed by atoms with Gasteiger partial charge in [-0.15, -0.1) is 0 Å². The van der Waals surface area contributed by atoms with Gasteiger partial charge in [0, 0.05) is 16.6 Å². The highest BCUT2D eigenvalue weighted by Crippen LogP contribution is 2.28. The second-order valence-corrected chi connectivity index (χ2v) is 7.77. The molecule has 138 valence electrons. The molecule has 0 unspecified atom stereocenters. The lowest BCUT2D eigenvalue weighted by Gasteiger charge is -2.06. The average molecular weight is 386 g/mol. The van der Waals surface area contributed by atoms with E-state index in [9.17, 15) is 12.8 Å². The molecule has 4 rings (SSSR count). The van der Waals surface area contributed by atoms with Gasteiger partial charge in [0.05, 0.1) is 23.8 Å². The van der Waals surface area contributed by atoms with Gasteiger partial charge in [-0.3, -0.25) is 4.72 Å². The van der Waals surface area contributed by atoms with Crippen LogP contribution in [-0.4, -0.2) is 24.6 Å². The Morgan fingerprint density at radius 3 is 2.74 bits per heavy atom. The standard InChI is InChI=1S/C18H15FN4O3S/c1-27(24,25)23-14-4-2-3-13(9-14)21-18-20-10-17(26-18)16-8-11-7-12(19)5-6-15(11)22-16/h2-10,22-23H,1H3,(H,20,21). The van der Waals surface area contributed by atoms with Crippen LogP contribution in [0.3, 0.4) is 0 Å². The predicted octanol–water partition coefficient (Wildman–Crippen LogP) is 4.08. The highest BCUT2D eigenvalue weighted by Gasteiger charge is 2.11. The topological polar surface area (TPSA) is 100 Å². The molecule has 0 saturated heterocycles. The maximum atomic E-state index is 13.3. The summed E-state index contributed by atoms with van der Waals surface area (Å²) in [5, 5.41) is 3.71. The molecule has 0 aliphatic rings. The Morgan fingerprint density at radius 2 is 1.93 bits per heavy atom. The van der Waals surface area contributed by atoms with E-state index in [1.165, 1.54) is 12.1 Å². The summed E-state index contributed by atoms with van der Waals surface area (Å²) in [5.41, 5.74) is 2.49. The van der Waals surface area contributed by atoms with E-state index in [2.05, 4.69) is 20.0 Å². The summed E-state index contributed by atoms with van der Waals surface area (Å²) in [6, 6.07) is 13.2. The molecule has 0 radical (unpaired) electrons. The zero-order valence-electron chi connectivity index (χ0n) is 14.2. The van der Waals surface area contributed by atoms with Crippen LogP contribution in [-0.2, 0) is 10.0 Å². The lowest BCUT2D eigenvalue weighted by atomic mass is 10.2. The molecule has 2 aromatic heterocycles. The SMILES string of the molecule is CS(=O)(=O)Nc1cccc(Nc2ncc(-c3cc4cc(F)ccc4[nH]3)o2)c1. The van der Waals surface area contributed by atoms with Crippen molar-refractivity contribution in [3.05, 3.63) is 60.5 Å². The maximum Gasteiger partial charge on any atom is 0.299 e. The molecule has 4 aromatic rings. The van der Waals surface area contributed by atoms with Gasteiger partial charge in [-0.2, -0.15) is 0 Å². The first-order valence-corrected chi connectivity index (χ1v) is 9.84. The highest BCUT2D eigenvalue weighted by atomic mass is 32.2. The fraction of sp³-hybridized carbons (Fsp3) is 0.0556. The normalized spacial score (nSPS) is 11.6. The first-order chi connectivity index (χ1) is 12.9. The Kier molecular flexibility index (Phi) is 4.08. The number of rotatable bonds is 5. The van der Waals surface area contributed by atoms with Gasteiger partial charge in [0.2, 0.25) is 10.0 Å². The minimum Gasteiger partial charge on any atom is -0.422 e. The molecular weight excluding hydrogens is 371 g/mol. The summed E-state index contributed by atoms with van der Waals surface area (Å²) in [6.07, 6.45) is 2.63. The number of benzene rings is 2. The van der Waals surface area contributed by atoms with Crippen molar-refractivity contribution in [2.75, 3.05) is 16.3 Å². The second-order valence-electron chi connectivity index (χ2n) is 6.02. The van der Waals surface area contributed by atoms with E-state index in [-0.39, 0.29) is 11.8 Å². The predicted molar refractivity (Wildman–Crippen MR) is 102 cm³/mol. The van der Waals surface area contributed by atoms with Crippen molar-refractivity contribution in [2.45, 2.75) is 0 Å². The molecule has 0 saturated carbocycles. The molecule has 0 aliphatic heterocycles. The summed E-state index contributed by atoms with van der Waals surface area (Å²) < 4.78 is 44.1. The van der Waals surface area contributed by atoms with Crippen LogP contribution in [0.5, 0.6) is 0 Å². The lowest BCUT2D eigenvalue weighted by molar-refractivity contribution is 0.590. The summed E-state index contributed by atoms with van der Waals surface area (Å²) in [6.45, 7) is 0. The molecule has 9 heteroatoms. The first kappa shape index (κ1) is 17.1. The van der Waals surface area contributed by atoms with Gasteiger partial charge in [0.1, 0.15) is 5.82 Å². The third-order valence-electron chi connectivity index (χ3n) is 3.77. The smallest absolute Gasteiger partial charge is 0.299 e. The van der Waals surface area contributed by atoms with Gasteiger partial charge < -0.3 is 14.7 Å². The number of fused-ring (bicyclic) bond motifs is 1. The van der Waals surface area contributed by atoms with E-state index in [0.717, 1.165) is 17.2 Å². The van der Waals surface area contributed by atoms with Crippen LogP contribution in [0.1, 0.15) is 0 Å². The largest absolute Gasteiger partial charge is 0.422 e. The highest BCUT2D eigenvalue weighted by molar-refractivity contribution is 7.92. The van der Waals surface area contributed by atoms with Crippen LogP contribution < -0.4 is 10.0 Å². The maximum absolute atomic E-state index is 13.3. The molecule has 3 N–H and O–H groups in total. The number of oxazole rings is 1. The number of nitrogens with zero attached hydrogens (tertiary/aromatic N) is 1. The third kappa shape index (κ3) is 3.93. The minimum atomic E-state index is -3.36. The Hall–Kier alpha value is -3.33. The van der Waals surface area contributed by atoms with Crippen LogP contribution >= 0.6 is 0 Å². The number of nitrogens with one attached hydrogen (secondary N) is 3. The zero-order valence-corrected chi connectivity index (χ0v) is 15.0. The average Bonchev–Trinajstić information content (AvgIpc) is 3.19. The molecule has 0 bridgehead atoms. The van der Waals surface area contributed by atoms with Crippen molar-refractivity contribution in [3.8, 4) is 11.5 Å².